The molecule has 1 unspecified atom stereocenters. The molecule has 0 spiro atoms. The molecule has 0 saturated carbocycles. The van der Waals surface area contributed by atoms with Gasteiger partial charge in [0.1, 0.15) is 19.8 Å². The molecule has 2 atom stereocenters. The number of likely N-dealkylation sites (N-methyl/N-ethyl adjacent to an activating group) is 1. The molecule has 0 aliphatic heterocycles. The Balaban J connectivity index is 4.36. The van der Waals surface area contributed by atoms with Crippen molar-refractivity contribution in [1.82, 2.24) is 0 Å². The molecule has 9 nitrogen and oxygen atoms in total. The largest absolute Gasteiger partial charge is 0.756 e. The van der Waals surface area contributed by atoms with Crippen molar-refractivity contribution >= 4 is 19.8 Å². The number of hydrogen-bond donors (Lipinski definition) is 0. The summed E-state index contributed by atoms with van der Waals surface area (Å²) < 4.78 is 33.8. The van der Waals surface area contributed by atoms with Crippen LogP contribution in [0.3, 0.4) is 0 Å². The van der Waals surface area contributed by atoms with Crippen molar-refractivity contribution in [3.63, 3.8) is 0 Å². The SMILES string of the molecule is CCCCCC/C=C/CCCCCCCCCC(=O)OC[C@H](COP(=O)([O-])OCC[N+](C)(C)C)OC(=O)CCCCCCCCCCCCCCC. The predicted molar refractivity (Wildman–Crippen MR) is 213 cm³/mol. The Bertz CT molecular complexity index is 907. The smallest absolute Gasteiger partial charge is 0.306 e. The van der Waals surface area contributed by atoms with Crippen molar-refractivity contribution < 1.29 is 42.1 Å². The number of ether oxygens (including phenoxy) is 2. The second-order valence-corrected chi connectivity index (χ2v) is 17.1. The number of unbranched alkanes of at least 4 members (excludes halogenated alkanes) is 23. The average molecular weight is 760 g/mol. The summed E-state index contributed by atoms with van der Waals surface area (Å²) in [6.45, 7) is 4.22. The fourth-order valence-corrected chi connectivity index (χ4v) is 6.61. The van der Waals surface area contributed by atoms with E-state index < -0.39 is 26.5 Å². The van der Waals surface area contributed by atoms with Crippen molar-refractivity contribution in [3.05, 3.63) is 12.2 Å². The maximum Gasteiger partial charge on any atom is 0.306 e. The van der Waals surface area contributed by atoms with E-state index in [0.717, 1.165) is 44.9 Å². The van der Waals surface area contributed by atoms with Crippen molar-refractivity contribution in [3.8, 4) is 0 Å². The van der Waals surface area contributed by atoms with Crippen LogP contribution >= 0.6 is 7.82 Å². The summed E-state index contributed by atoms with van der Waals surface area (Å²) in [7, 11) is 1.17. The quantitative estimate of drug-likeness (QED) is 0.0200. The van der Waals surface area contributed by atoms with E-state index in [0.29, 0.717) is 17.4 Å². The van der Waals surface area contributed by atoms with Crippen LogP contribution in [0.4, 0.5) is 0 Å². The van der Waals surface area contributed by atoms with E-state index in [1.807, 2.05) is 21.1 Å². The second kappa shape index (κ2) is 35.5. The highest BCUT2D eigenvalue weighted by Gasteiger charge is 2.21. The summed E-state index contributed by atoms with van der Waals surface area (Å²) >= 11 is 0. The maximum absolute atomic E-state index is 12.6. The molecule has 0 radical (unpaired) electrons. The molecule has 0 fully saturated rings. The number of hydrogen-bond acceptors (Lipinski definition) is 8. The van der Waals surface area contributed by atoms with Gasteiger partial charge in [0.25, 0.3) is 7.82 Å². The number of nitrogens with zero attached hydrogens (tertiary/aromatic N) is 1. The monoisotopic (exact) mass is 760 g/mol. The lowest BCUT2D eigenvalue weighted by atomic mass is 10.0. The van der Waals surface area contributed by atoms with E-state index in [-0.39, 0.29) is 32.0 Å². The van der Waals surface area contributed by atoms with Crippen molar-refractivity contribution in [2.75, 3.05) is 47.5 Å². The number of phosphoric acid groups is 1. The molecule has 0 N–H and O–H groups in total. The predicted octanol–water partition coefficient (Wildman–Crippen LogP) is 11.2. The molecule has 0 amide bonds. The first kappa shape index (κ1) is 50.8. The van der Waals surface area contributed by atoms with Gasteiger partial charge in [-0.1, -0.05) is 154 Å². The summed E-state index contributed by atoms with van der Waals surface area (Å²) in [6, 6.07) is 0. The topological polar surface area (TPSA) is 111 Å². The van der Waals surface area contributed by atoms with Crippen LogP contribution in [0.5, 0.6) is 0 Å². The van der Waals surface area contributed by atoms with Gasteiger partial charge in [0, 0.05) is 12.8 Å². The van der Waals surface area contributed by atoms with E-state index in [4.69, 9.17) is 18.5 Å². The second-order valence-electron chi connectivity index (χ2n) is 15.7. The van der Waals surface area contributed by atoms with Crippen LogP contribution in [-0.2, 0) is 32.7 Å². The van der Waals surface area contributed by atoms with Crippen LogP contribution in [-0.4, -0.2) is 70.0 Å². The average Bonchev–Trinajstić information content (AvgIpc) is 3.09. The van der Waals surface area contributed by atoms with E-state index in [9.17, 15) is 19.0 Å². The zero-order valence-corrected chi connectivity index (χ0v) is 35.4. The van der Waals surface area contributed by atoms with E-state index in [2.05, 4.69) is 26.0 Å². The van der Waals surface area contributed by atoms with Crippen LogP contribution in [0, 0.1) is 0 Å². The van der Waals surface area contributed by atoms with Crippen LogP contribution in [0.2, 0.25) is 0 Å². The fourth-order valence-electron chi connectivity index (χ4n) is 5.88. The molecular weight excluding hydrogens is 677 g/mol. The molecule has 52 heavy (non-hydrogen) atoms. The zero-order chi connectivity index (χ0) is 38.6. The van der Waals surface area contributed by atoms with Gasteiger partial charge in [-0.05, 0) is 38.5 Å². The molecule has 0 bridgehead atoms. The molecule has 0 aromatic rings. The highest BCUT2D eigenvalue weighted by atomic mass is 31.2. The van der Waals surface area contributed by atoms with Gasteiger partial charge in [-0.2, -0.15) is 0 Å². The lowest BCUT2D eigenvalue weighted by Crippen LogP contribution is -2.37. The first-order valence-corrected chi connectivity index (χ1v) is 22.9. The first-order chi connectivity index (χ1) is 25.0. The Labute approximate surface area is 320 Å². The summed E-state index contributed by atoms with van der Waals surface area (Å²) in [5.74, 6) is -0.832. The van der Waals surface area contributed by atoms with Gasteiger partial charge in [-0.15, -0.1) is 0 Å². The maximum atomic E-state index is 12.6. The van der Waals surface area contributed by atoms with Crippen LogP contribution in [0.25, 0.3) is 0 Å². The molecule has 0 aliphatic rings. The van der Waals surface area contributed by atoms with Gasteiger partial charge in [-0.25, -0.2) is 0 Å². The lowest BCUT2D eigenvalue weighted by Gasteiger charge is -2.28. The number of rotatable bonds is 39. The third kappa shape index (κ3) is 38.5. The Morgan fingerprint density at radius 1 is 0.577 bits per heavy atom. The van der Waals surface area contributed by atoms with Crippen molar-refractivity contribution in [2.45, 2.75) is 200 Å². The molecule has 10 heteroatoms. The molecule has 0 rings (SSSR count). The highest BCUT2D eigenvalue weighted by molar-refractivity contribution is 7.45. The van der Waals surface area contributed by atoms with Crippen LogP contribution in [0.1, 0.15) is 194 Å². The van der Waals surface area contributed by atoms with Crippen molar-refractivity contribution in [2.24, 2.45) is 0 Å². The third-order valence-corrected chi connectivity index (χ3v) is 10.2. The number of allylic oxidation sites excluding steroid dienone is 2. The number of carbonyl (C=O) groups excluding carboxylic acids is 2. The van der Waals surface area contributed by atoms with Gasteiger partial charge < -0.3 is 27.9 Å². The fraction of sp³-hybridized carbons (Fsp3) is 0.905. The minimum atomic E-state index is -4.62. The number of esters is 2. The molecular formula is C42H82NO8P. The highest BCUT2D eigenvalue weighted by Crippen LogP contribution is 2.38. The number of phosphoric ester groups is 1. The lowest BCUT2D eigenvalue weighted by molar-refractivity contribution is -0.870. The minimum Gasteiger partial charge on any atom is -0.756 e. The number of carbonyl (C=O) groups is 2. The summed E-state index contributed by atoms with van der Waals surface area (Å²) in [6.07, 6.45) is 35.1. The normalized spacial score (nSPS) is 13.7. The molecule has 0 aromatic heterocycles. The molecule has 0 aliphatic carbocycles. The van der Waals surface area contributed by atoms with Gasteiger partial charge in [0.2, 0.25) is 0 Å². The standard InChI is InChI=1S/C42H82NO8P/c1-6-8-10-12-14-16-18-20-21-23-24-26-28-30-32-34-41(44)48-38-40(39-50-52(46,47)49-37-36-43(3,4)5)51-42(45)35-33-31-29-27-25-22-19-17-15-13-11-9-7-2/h16,18,40H,6-15,17,19-39H2,1-5H3/b18-16+/t40-/m1/s1. The Hall–Kier alpha value is -1.25. The summed E-state index contributed by atoms with van der Waals surface area (Å²) in [5, 5.41) is 0. The van der Waals surface area contributed by atoms with Gasteiger partial charge in [-0.3, -0.25) is 14.2 Å². The number of quaternary nitrogens is 1. The molecule has 0 saturated heterocycles. The van der Waals surface area contributed by atoms with Crippen LogP contribution in [0.15, 0.2) is 12.2 Å². The van der Waals surface area contributed by atoms with E-state index >= 15 is 0 Å². The third-order valence-electron chi connectivity index (χ3n) is 9.29. The Morgan fingerprint density at radius 2 is 0.981 bits per heavy atom. The summed E-state index contributed by atoms with van der Waals surface area (Å²) in [5.41, 5.74) is 0. The summed E-state index contributed by atoms with van der Waals surface area (Å²) in [4.78, 5) is 37.4. The van der Waals surface area contributed by atoms with E-state index in [1.165, 1.54) is 116 Å². The van der Waals surface area contributed by atoms with Crippen molar-refractivity contribution in [1.29, 1.82) is 0 Å². The Morgan fingerprint density at radius 3 is 1.44 bits per heavy atom. The Kier molecular flexibility index (Phi) is 34.6. The van der Waals surface area contributed by atoms with Gasteiger partial charge >= 0.3 is 11.9 Å². The minimum absolute atomic E-state index is 0.0284. The molecule has 308 valence electrons. The molecule has 0 aromatic carbocycles. The zero-order valence-electron chi connectivity index (χ0n) is 34.5. The van der Waals surface area contributed by atoms with Gasteiger partial charge in [0.05, 0.1) is 27.7 Å². The first-order valence-electron chi connectivity index (χ1n) is 21.4. The van der Waals surface area contributed by atoms with E-state index in [1.54, 1.807) is 0 Å². The van der Waals surface area contributed by atoms with Crippen LogP contribution < -0.4 is 4.89 Å². The molecule has 0 heterocycles. The van der Waals surface area contributed by atoms with Gasteiger partial charge in [0.15, 0.2) is 6.10 Å².